The second-order valence-corrected chi connectivity index (χ2v) is 9.57. The van der Waals surface area contributed by atoms with Gasteiger partial charge >= 0.3 is 0 Å². The molecule has 1 unspecified atom stereocenters. The van der Waals surface area contributed by atoms with Crippen molar-refractivity contribution in [3.05, 3.63) is 52.7 Å². The van der Waals surface area contributed by atoms with Gasteiger partial charge < -0.3 is 11.1 Å². The van der Waals surface area contributed by atoms with Crippen LogP contribution in [0.1, 0.15) is 50.1 Å². The molecule has 2 heterocycles. The normalized spacial score (nSPS) is 17.1. The number of anilines is 1. The molecule has 2 aromatic rings. The van der Waals surface area contributed by atoms with Crippen LogP contribution in [0.2, 0.25) is 0 Å². The summed E-state index contributed by atoms with van der Waals surface area (Å²) in [5, 5.41) is 12.4. The highest BCUT2D eigenvalue weighted by Gasteiger charge is 2.28. The molecule has 0 radical (unpaired) electrons. The standard InChI is InChI=1S/C21H28N6OS/c1-13-24-10-14(11-25-13)12-26-18-7-15(8-19(27-18)29(4)28)20(23)16-5-6-21(2,3)9-17(16)22/h7-8,10-11,23H,5-6,9,12,22H2,1-4H3,(H,26,27). The molecule has 3 rings (SSSR count). The maximum absolute atomic E-state index is 12.1. The fourth-order valence-corrected chi connectivity index (χ4v) is 3.90. The van der Waals surface area contributed by atoms with Crippen molar-refractivity contribution in [1.82, 2.24) is 15.0 Å². The molecule has 29 heavy (non-hydrogen) atoms. The second-order valence-electron chi connectivity index (χ2n) is 8.25. The minimum atomic E-state index is -1.26. The maximum atomic E-state index is 12.1. The molecule has 1 aliphatic rings. The highest BCUT2D eigenvalue weighted by atomic mass is 32.2. The number of allylic oxidation sites excluding steroid dienone is 2. The number of nitrogens with one attached hydrogen (secondary N) is 2. The van der Waals surface area contributed by atoms with Gasteiger partial charge in [-0.05, 0) is 49.3 Å². The van der Waals surface area contributed by atoms with Crippen LogP contribution in [0, 0.1) is 17.7 Å². The Kier molecular flexibility index (Phi) is 6.12. The second kappa shape index (κ2) is 8.41. The Morgan fingerprint density at radius 3 is 2.62 bits per heavy atom. The molecule has 0 aliphatic heterocycles. The molecule has 8 heteroatoms. The van der Waals surface area contributed by atoms with Gasteiger partial charge in [-0.1, -0.05) is 13.8 Å². The van der Waals surface area contributed by atoms with E-state index >= 15 is 0 Å². The van der Waals surface area contributed by atoms with E-state index in [1.54, 1.807) is 24.7 Å². The maximum Gasteiger partial charge on any atom is 0.130 e. The summed E-state index contributed by atoms with van der Waals surface area (Å²) in [5.41, 5.74) is 10.1. The molecule has 0 bridgehead atoms. The SMILES string of the molecule is Cc1ncc(CNc2cc(C(=N)C3=C(N)CC(C)(C)CC3)cc(S(C)=O)n2)cn1. The Hall–Kier alpha value is -2.61. The molecular formula is C21H28N6OS. The minimum Gasteiger partial charge on any atom is -0.402 e. The lowest BCUT2D eigenvalue weighted by Crippen LogP contribution is -2.25. The van der Waals surface area contributed by atoms with Crippen molar-refractivity contribution < 1.29 is 4.21 Å². The average Bonchev–Trinajstić information content (AvgIpc) is 2.66. The van der Waals surface area contributed by atoms with E-state index in [9.17, 15) is 4.21 Å². The van der Waals surface area contributed by atoms with Crippen molar-refractivity contribution in [3.63, 3.8) is 0 Å². The molecule has 2 aromatic heterocycles. The van der Waals surface area contributed by atoms with Gasteiger partial charge in [0.05, 0.1) is 16.5 Å². The predicted octanol–water partition coefficient (Wildman–Crippen LogP) is 3.32. The lowest BCUT2D eigenvalue weighted by Gasteiger charge is -2.31. The molecule has 0 saturated carbocycles. The van der Waals surface area contributed by atoms with Crippen LogP contribution in [0.3, 0.4) is 0 Å². The van der Waals surface area contributed by atoms with E-state index in [0.29, 0.717) is 34.5 Å². The number of nitrogens with zero attached hydrogens (tertiary/aromatic N) is 3. The first-order valence-corrected chi connectivity index (χ1v) is 11.1. The number of aromatic nitrogens is 3. The van der Waals surface area contributed by atoms with E-state index in [1.807, 2.05) is 13.0 Å². The lowest BCUT2D eigenvalue weighted by molar-refractivity contribution is 0.315. The van der Waals surface area contributed by atoms with E-state index < -0.39 is 10.8 Å². The molecule has 0 fully saturated rings. The highest BCUT2D eigenvalue weighted by molar-refractivity contribution is 7.84. The summed E-state index contributed by atoms with van der Waals surface area (Å²) in [5.74, 6) is 1.28. The van der Waals surface area contributed by atoms with Gasteiger partial charge in [-0.25, -0.2) is 15.0 Å². The molecule has 7 nitrogen and oxygen atoms in total. The van der Waals surface area contributed by atoms with Gasteiger partial charge in [0.2, 0.25) is 0 Å². The summed E-state index contributed by atoms with van der Waals surface area (Å²) in [7, 11) is -1.26. The van der Waals surface area contributed by atoms with Crippen molar-refractivity contribution in [2.75, 3.05) is 11.6 Å². The van der Waals surface area contributed by atoms with E-state index in [4.69, 9.17) is 11.1 Å². The van der Waals surface area contributed by atoms with Crippen LogP contribution in [-0.2, 0) is 17.3 Å². The number of hydrogen-bond donors (Lipinski definition) is 3. The Labute approximate surface area is 174 Å². The topological polar surface area (TPSA) is 118 Å². The van der Waals surface area contributed by atoms with Gasteiger partial charge in [-0.3, -0.25) is 9.62 Å². The first kappa shape index (κ1) is 21.1. The van der Waals surface area contributed by atoms with Crippen LogP contribution in [0.25, 0.3) is 0 Å². The molecule has 1 atom stereocenters. The summed E-state index contributed by atoms with van der Waals surface area (Å²) in [6.07, 6.45) is 7.64. The molecule has 0 aromatic carbocycles. The first-order valence-electron chi connectivity index (χ1n) is 9.58. The molecule has 1 aliphatic carbocycles. The number of pyridine rings is 1. The Balaban J connectivity index is 1.87. The molecule has 0 spiro atoms. The van der Waals surface area contributed by atoms with Gasteiger partial charge in [0.15, 0.2) is 0 Å². The minimum absolute atomic E-state index is 0.158. The Morgan fingerprint density at radius 2 is 2.00 bits per heavy atom. The number of rotatable bonds is 6. The zero-order valence-electron chi connectivity index (χ0n) is 17.4. The summed E-state index contributed by atoms with van der Waals surface area (Å²) in [6, 6.07) is 3.53. The third-order valence-corrected chi connectivity index (χ3v) is 5.90. The van der Waals surface area contributed by atoms with Crippen LogP contribution < -0.4 is 11.1 Å². The summed E-state index contributed by atoms with van der Waals surface area (Å²) in [6.45, 7) is 6.71. The van der Waals surface area contributed by atoms with E-state index in [2.05, 4.69) is 34.1 Å². The van der Waals surface area contributed by atoms with Crippen LogP contribution in [-0.4, -0.2) is 31.1 Å². The molecule has 154 valence electrons. The van der Waals surface area contributed by atoms with Crippen LogP contribution >= 0.6 is 0 Å². The molecular weight excluding hydrogens is 384 g/mol. The van der Waals surface area contributed by atoms with Crippen LogP contribution in [0.5, 0.6) is 0 Å². The number of nitrogens with two attached hydrogens (primary N) is 1. The van der Waals surface area contributed by atoms with Gasteiger partial charge in [-0.2, -0.15) is 0 Å². The van der Waals surface area contributed by atoms with Gasteiger partial charge in [0, 0.05) is 42.0 Å². The summed E-state index contributed by atoms with van der Waals surface area (Å²) >= 11 is 0. The zero-order valence-corrected chi connectivity index (χ0v) is 18.2. The summed E-state index contributed by atoms with van der Waals surface area (Å²) < 4.78 is 12.1. The highest BCUT2D eigenvalue weighted by Crippen LogP contribution is 2.37. The largest absolute Gasteiger partial charge is 0.402 e. The van der Waals surface area contributed by atoms with Crippen molar-refractivity contribution in [2.45, 2.75) is 51.6 Å². The average molecular weight is 413 g/mol. The van der Waals surface area contributed by atoms with E-state index in [0.717, 1.165) is 36.1 Å². The quantitative estimate of drug-likeness (QED) is 0.627. The molecule has 0 saturated heterocycles. The molecule has 0 amide bonds. The van der Waals surface area contributed by atoms with E-state index in [1.165, 1.54) is 0 Å². The van der Waals surface area contributed by atoms with Crippen molar-refractivity contribution >= 4 is 22.3 Å². The molecule has 4 N–H and O–H groups in total. The van der Waals surface area contributed by atoms with E-state index in [-0.39, 0.29) is 5.41 Å². The van der Waals surface area contributed by atoms with Crippen molar-refractivity contribution in [2.24, 2.45) is 11.1 Å². The first-order chi connectivity index (χ1) is 13.6. The van der Waals surface area contributed by atoms with Gasteiger partial charge in [0.1, 0.15) is 16.7 Å². The van der Waals surface area contributed by atoms with Crippen LogP contribution in [0.4, 0.5) is 5.82 Å². The Bertz CT molecular complexity index is 981. The lowest BCUT2D eigenvalue weighted by atomic mass is 9.75. The number of aryl methyl sites for hydroxylation is 1. The predicted molar refractivity (Wildman–Crippen MR) is 116 cm³/mol. The monoisotopic (exact) mass is 412 g/mol. The van der Waals surface area contributed by atoms with Gasteiger partial charge in [0.25, 0.3) is 0 Å². The third kappa shape index (κ3) is 5.26. The van der Waals surface area contributed by atoms with Crippen molar-refractivity contribution in [3.8, 4) is 0 Å². The zero-order chi connectivity index (χ0) is 21.2. The van der Waals surface area contributed by atoms with Gasteiger partial charge in [-0.15, -0.1) is 0 Å². The Morgan fingerprint density at radius 1 is 1.31 bits per heavy atom. The fourth-order valence-electron chi connectivity index (χ4n) is 3.39. The third-order valence-electron chi connectivity index (χ3n) is 5.10. The summed E-state index contributed by atoms with van der Waals surface area (Å²) in [4.78, 5) is 12.8. The number of hydrogen-bond acceptors (Lipinski definition) is 7. The van der Waals surface area contributed by atoms with Crippen molar-refractivity contribution in [1.29, 1.82) is 5.41 Å². The van der Waals surface area contributed by atoms with Crippen LogP contribution in [0.15, 0.2) is 40.8 Å². The fraction of sp³-hybridized carbons (Fsp3) is 0.429. The smallest absolute Gasteiger partial charge is 0.130 e.